The summed E-state index contributed by atoms with van der Waals surface area (Å²) in [4.78, 5) is 0. The van der Waals surface area contributed by atoms with E-state index in [0.717, 1.165) is 18.5 Å². The van der Waals surface area contributed by atoms with Gasteiger partial charge in [-0.15, -0.1) is 0 Å². The number of hydrogen-bond acceptors (Lipinski definition) is 3. The van der Waals surface area contributed by atoms with Crippen molar-refractivity contribution in [3.05, 3.63) is 29.8 Å². The van der Waals surface area contributed by atoms with Crippen LogP contribution in [0.1, 0.15) is 19.4 Å². The molecule has 0 saturated heterocycles. The largest absolute Gasteiger partial charge is 0.508 e. The number of aromatic hydroxyl groups is 1. The Balaban J connectivity index is 2.46. The predicted octanol–water partition coefficient (Wildman–Crippen LogP) is 1.54. The first-order valence-electron chi connectivity index (χ1n) is 5.74. The molecule has 1 aromatic rings. The first-order chi connectivity index (χ1) is 7.61. The van der Waals surface area contributed by atoms with Crippen LogP contribution in [-0.4, -0.2) is 29.4 Å². The van der Waals surface area contributed by atoms with Crippen molar-refractivity contribution in [2.24, 2.45) is 5.92 Å². The maximum Gasteiger partial charge on any atom is 0.115 e. The van der Waals surface area contributed by atoms with Crippen LogP contribution in [0.4, 0.5) is 0 Å². The van der Waals surface area contributed by atoms with Crippen molar-refractivity contribution in [2.75, 3.05) is 13.2 Å². The van der Waals surface area contributed by atoms with Crippen molar-refractivity contribution in [3.63, 3.8) is 0 Å². The van der Waals surface area contributed by atoms with Crippen molar-refractivity contribution in [3.8, 4) is 5.75 Å². The summed E-state index contributed by atoms with van der Waals surface area (Å²) < 4.78 is 0. The molecule has 16 heavy (non-hydrogen) atoms. The fourth-order valence-electron chi connectivity index (χ4n) is 1.52. The number of benzene rings is 1. The summed E-state index contributed by atoms with van der Waals surface area (Å²) in [6.45, 7) is 5.32. The smallest absolute Gasteiger partial charge is 0.115 e. The highest BCUT2D eigenvalue weighted by molar-refractivity contribution is 5.26. The van der Waals surface area contributed by atoms with Crippen LogP contribution in [0.2, 0.25) is 0 Å². The Hall–Kier alpha value is -1.06. The Morgan fingerprint density at radius 1 is 1.19 bits per heavy atom. The molecule has 3 N–H and O–H groups in total. The van der Waals surface area contributed by atoms with E-state index in [1.165, 1.54) is 0 Å². The van der Waals surface area contributed by atoms with Crippen molar-refractivity contribution >= 4 is 0 Å². The molecule has 0 aromatic heterocycles. The molecule has 1 rings (SSSR count). The molecular formula is C13H21NO2. The van der Waals surface area contributed by atoms with Crippen LogP contribution in [0.15, 0.2) is 24.3 Å². The van der Waals surface area contributed by atoms with Gasteiger partial charge in [-0.25, -0.2) is 0 Å². The third kappa shape index (κ3) is 4.64. The van der Waals surface area contributed by atoms with Gasteiger partial charge in [0.05, 0.1) is 6.61 Å². The fraction of sp³-hybridized carbons (Fsp3) is 0.538. The molecule has 0 fully saturated rings. The molecule has 3 nitrogen and oxygen atoms in total. The van der Waals surface area contributed by atoms with E-state index in [9.17, 15) is 5.11 Å². The average molecular weight is 223 g/mol. The van der Waals surface area contributed by atoms with E-state index in [1.807, 2.05) is 12.1 Å². The van der Waals surface area contributed by atoms with Crippen molar-refractivity contribution in [1.82, 2.24) is 5.32 Å². The molecule has 0 unspecified atom stereocenters. The standard InChI is InChI=1S/C13H21NO2/c1-10(2)8-14-12(9-15)7-11-3-5-13(16)6-4-11/h3-6,10,12,14-16H,7-9H2,1-2H3/t12-/m0/s1. The van der Waals surface area contributed by atoms with Crippen LogP contribution >= 0.6 is 0 Å². The van der Waals surface area contributed by atoms with E-state index in [0.29, 0.717) is 5.92 Å². The molecule has 1 atom stereocenters. The number of phenolic OH excluding ortho intramolecular Hbond substituents is 1. The molecular weight excluding hydrogens is 202 g/mol. The van der Waals surface area contributed by atoms with Crippen LogP contribution in [0.25, 0.3) is 0 Å². The van der Waals surface area contributed by atoms with Crippen molar-refractivity contribution in [1.29, 1.82) is 0 Å². The number of nitrogens with one attached hydrogen (secondary N) is 1. The Labute approximate surface area is 97.1 Å². The Morgan fingerprint density at radius 3 is 2.31 bits per heavy atom. The highest BCUT2D eigenvalue weighted by Gasteiger charge is 2.08. The molecule has 90 valence electrons. The lowest BCUT2D eigenvalue weighted by molar-refractivity contribution is 0.238. The summed E-state index contributed by atoms with van der Waals surface area (Å²) in [5.74, 6) is 0.855. The van der Waals surface area contributed by atoms with E-state index < -0.39 is 0 Å². The first-order valence-corrected chi connectivity index (χ1v) is 5.74. The topological polar surface area (TPSA) is 52.5 Å². The Kier molecular flexibility index (Phi) is 5.29. The number of aliphatic hydroxyl groups excluding tert-OH is 1. The molecule has 0 spiro atoms. The zero-order valence-electron chi connectivity index (χ0n) is 9.98. The molecule has 0 amide bonds. The third-order valence-electron chi connectivity index (χ3n) is 2.45. The molecule has 0 bridgehead atoms. The lowest BCUT2D eigenvalue weighted by Gasteiger charge is -2.17. The van der Waals surface area contributed by atoms with E-state index in [1.54, 1.807) is 12.1 Å². The van der Waals surface area contributed by atoms with Gasteiger partial charge in [-0.2, -0.15) is 0 Å². The van der Waals surface area contributed by atoms with Gasteiger partial charge >= 0.3 is 0 Å². The van der Waals surface area contributed by atoms with E-state index in [4.69, 9.17) is 5.11 Å². The maximum absolute atomic E-state index is 9.24. The van der Waals surface area contributed by atoms with Crippen LogP contribution < -0.4 is 5.32 Å². The van der Waals surface area contributed by atoms with Crippen LogP contribution in [0, 0.1) is 5.92 Å². The second-order valence-electron chi connectivity index (χ2n) is 4.55. The van der Waals surface area contributed by atoms with Gasteiger partial charge in [0.25, 0.3) is 0 Å². The minimum atomic E-state index is 0.0898. The molecule has 0 aliphatic rings. The van der Waals surface area contributed by atoms with Crippen molar-refractivity contribution in [2.45, 2.75) is 26.3 Å². The molecule has 1 aromatic carbocycles. The maximum atomic E-state index is 9.24. The highest BCUT2D eigenvalue weighted by atomic mass is 16.3. The van der Waals surface area contributed by atoms with Crippen LogP contribution in [0.3, 0.4) is 0 Å². The number of hydrogen-bond donors (Lipinski definition) is 3. The van der Waals surface area contributed by atoms with E-state index in [2.05, 4.69) is 19.2 Å². The SMILES string of the molecule is CC(C)CN[C@H](CO)Cc1ccc(O)cc1. The van der Waals surface area contributed by atoms with Gasteiger partial charge in [0.15, 0.2) is 0 Å². The molecule has 0 heterocycles. The second kappa shape index (κ2) is 6.51. The van der Waals surface area contributed by atoms with Gasteiger partial charge in [-0.3, -0.25) is 0 Å². The Morgan fingerprint density at radius 2 is 1.81 bits per heavy atom. The van der Waals surface area contributed by atoms with E-state index in [-0.39, 0.29) is 18.4 Å². The van der Waals surface area contributed by atoms with Gasteiger partial charge in [0.1, 0.15) is 5.75 Å². The average Bonchev–Trinajstić information content (AvgIpc) is 2.26. The molecule has 0 aliphatic heterocycles. The normalized spacial score (nSPS) is 13.0. The Bertz CT molecular complexity index is 295. The van der Waals surface area contributed by atoms with Crippen LogP contribution in [-0.2, 0) is 6.42 Å². The molecule has 0 aliphatic carbocycles. The minimum Gasteiger partial charge on any atom is -0.508 e. The first kappa shape index (κ1) is 13.0. The molecule has 0 radical (unpaired) electrons. The third-order valence-corrected chi connectivity index (χ3v) is 2.45. The summed E-state index contributed by atoms with van der Waals surface area (Å²) in [5.41, 5.74) is 1.12. The number of rotatable bonds is 6. The van der Waals surface area contributed by atoms with Gasteiger partial charge in [0, 0.05) is 6.04 Å². The summed E-state index contributed by atoms with van der Waals surface area (Å²) in [6.07, 6.45) is 0.781. The van der Waals surface area contributed by atoms with Gasteiger partial charge in [-0.05, 0) is 36.6 Å². The monoisotopic (exact) mass is 223 g/mol. The quantitative estimate of drug-likeness (QED) is 0.685. The minimum absolute atomic E-state index is 0.0898. The predicted molar refractivity (Wildman–Crippen MR) is 65.5 cm³/mol. The molecule has 0 saturated carbocycles. The summed E-state index contributed by atoms with van der Waals surface area (Å²) in [5, 5.41) is 21.7. The lowest BCUT2D eigenvalue weighted by Crippen LogP contribution is -2.36. The van der Waals surface area contributed by atoms with Crippen molar-refractivity contribution < 1.29 is 10.2 Å². The van der Waals surface area contributed by atoms with E-state index >= 15 is 0 Å². The fourth-order valence-corrected chi connectivity index (χ4v) is 1.52. The second-order valence-corrected chi connectivity index (χ2v) is 4.55. The number of aliphatic hydroxyl groups is 1. The summed E-state index contributed by atoms with van der Waals surface area (Å²) >= 11 is 0. The summed E-state index contributed by atoms with van der Waals surface area (Å²) in [6, 6.07) is 7.20. The summed E-state index contributed by atoms with van der Waals surface area (Å²) in [7, 11) is 0. The molecule has 3 heteroatoms. The zero-order chi connectivity index (χ0) is 12.0. The van der Waals surface area contributed by atoms with Gasteiger partial charge in [-0.1, -0.05) is 26.0 Å². The lowest BCUT2D eigenvalue weighted by atomic mass is 10.1. The zero-order valence-corrected chi connectivity index (χ0v) is 9.98. The number of phenols is 1. The van der Waals surface area contributed by atoms with Crippen LogP contribution in [0.5, 0.6) is 5.75 Å². The van der Waals surface area contributed by atoms with Gasteiger partial charge in [0.2, 0.25) is 0 Å². The highest BCUT2D eigenvalue weighted by Crippen LogP contribution is 2.11. The van der Waals surface area contributed by atoms with Gasteiger partial charge < -0.3 is 15.5 Å².